The highest BCUT2D eigenvalue weighted by molar-refractivity contribution is 7.92. The number of anilines is 1. The average molecular weight is 437 g/mol. The van der Waals surface area contributed by atoms with Gasteiger partial charge in [0, 0.05) is 18.0 Å². The molecular formula is C16H12ClF3N2O3S2. The minimum atomic E-state index is -4.71. The van der Waals surface area contributed by atoms with Crippen LogP contribution in [0.15, 0.2) is 34.7 Å². The standard InChI is InChI=1S/C16H12ClF3N2O3S2/c1-27(23,24)22-4-5-25-14-3-2-9(6-13(14)22)15-11(16(18,19)20)7-10(21-26)8-12(15)17/h2-3,6-8H,4-5H2,1H3. The van der Waals surface area contributed by atoms with E-state index in [1.54, 1.807) is 0 Å². The van der Waals surface area contributed by atoms with Crippen LogP contribution < -0.4 is 9.04 Å². The number of hydrogen-bond acceptors (Lipinski definition) is 5. The quantitative estimate of drug-likeness (QED) is 0.708. The molecule has 0 fully saturated rings. The number of hydrogen-bond donors (Lipinski definition) is 0. The van der Waals surface area contributed by atoms with Gasteiger partial charge in [0.15, 0.2) is 0 Å². The molecule has 2 aromatic rings. The summed E-state index contributed by atoms with van der Waals surface area (Å²) in [5.74, 6) is 0.261. The summed E-state index contributed by atoms with van der Waals surface area (Å²) in [5.41, 5.74) is -1.14. The summed E-state index contributed by atoms with van der Waals surface area (Å²) in [6.45, 7) is 0.200. The van der Waals surface area contributed by atoms with Gasteiger partial charge in [0.1, 0.15) is 12.4 Å². The minimum Gasteiger partial charge on any atom is -0.489 e. The van der Waals surface area contributed by atoms with Crippen LogP contribution in [0.2, 0.25) is 5.02 Å². The van der Waals surface area contributed by atoms with Gasteiger partial charge in [-0.25, -0.2) is 8.42 Å². The fourth-order valence-electron chi connectivity index (χ4n) is 2.86. The largest absolute Gasteiger partial charge is 0.489 e. The van der Waals surface area contributed by atoms with Crippen molar-refractivity contribution in [2.24, 2.45) is 4.36 Å². The third-order valence-electron chi connectivity index (χ3n) is 3.95. The van der Waals surface area contributed by atoms with Crippen LogP contribution in [0.25, 0.3) is 11.1 Å². The number of sulfonamides is 1. The van der Waals surface area contributed by atoms with Gasteiger partial charge in [-0.3, -0.25) is 4.31 Å². The van der Waals surface area contributed by atoms with Crippen molar-refractivity contribution < 1.29 is 26.3 Å². The zero-order chi connectivity index (χ0) is 20.0. The highest BCUT2D eigenvalue weighted by Gasteiger charge is 2.36. The Kier molecular flexibility index (Phi) is 5.08. The van der Waals surface area contributed by atoms with E-state index >= 15 is 0 Å². The molecule has 0 saturated carbocycles. The van der Waals surface area contributed by atoms with Crippen LogP contribution in [-0.4, -0.2) is 27.8 Å². The number of alkyl halides is 3. The van der Waals surface area contributed by atoms with Gasteiger partial charge in [-0.1, -0.05) is 17.7 Å². The molecule has 1 aliphatic rings. The second kappa shape index (κ2) is 6.92. The molecule has 0 bridgehead atoms. The zero-order valence-corrected chi connectivity index (χ0v) is 16.1. The van der Waals surface area contributed by atoms with Crippen molar-refractivity contribution in [3.05, 3.63) is 40.9 Å². The molecule has 144 valence electrons. The molecule has 2 aromatic carbocycles. The molecule has 27 heavy (non-hydrogen) atoms. The van der Waals surface area contributed by atoms with Gasteiger partial charge in [-0.05, 0) is 29.8 Å². The van der Waals surface area contributed by atoms with Crippen LogP contribution in [0.5, 0.6) is 5.75 Å². The lowest BCUT2D eigenvalue weighted by Crippen LogP contribution is -2.37. The normalized spacial score (nSPS) is 14.5. The van der Waals surface area contributed by atoms with Gasteiger partial charge in [0.25, 0.3) is 0 Å². The highest BCUT2D eigenvalue weighted by Crippen LogP contribution is 2.45. The zero-order valence-electron chi connectivity index (χ0n) is 13.7. The number of nitrogens with zero attached hydrogens (tertiary/aromatic N) is 2. The van der Waals surface area contributed by atoms with Crippen molar-refractivity contribution in [1.29, 1.82) is 0 Å². The molecule has 3 rings (SSSR count). The maximum atomic E-state index is 13.6. The van der Waals surface area contributed by atoms with Gasteiger partial charge in [-0.15, -0.1) is 0 Å². The smallest absolute Gasteiger partial charge is 0.417 e. The average Bonchev–Trinajstić information content (AvgIpc) is 2.58. The Morgan fingerprint density at radius 1 is 1.26 bits per heavy atom. The summed E-state index contributed by atoms with van der Waals surface area (Å²) in [6.07, 6.45) is -3.69. The lowest BCUT2D eigenvalue weighted by atomic mass is 9.97. The molecule has 11 heteroatoms. The predicted molar refractivity (Wildman–Crippen MR) is 99.0 cm³/mol. The first-order valence-corrected chi connectivity index (χ1v) is 10.1. The van der Waals surface area contributed by atoms with Crippen molar-refractivity contribution in [3.8, 4) is 16.9 Å². The first kappa shape index (κ1) is 19.8. The lowest BCUT2D eigenvalue weighted by molar-refractivity contribution is -0.137. The Bertz CT molecular complexity index is 1030. The maximum Gasteiger partial charge on any atom is 0.417 e. The van der Waals surface area contributed by atoms with Crippen LogP contribution in [0.3, 0.4) is 0 Å². The van der Waals surface area contributed by atoms with Crippen molar-refractivity contribution in [1.82, 2.24) is 0 Å². The van der Waals surface area contributed by atoms with Gasteiger partial charge in [0.05, 0.1) is 34.8 Å². The van der Waals surface area contributed by atoms with Gasteiger partial charge < -0.3 is 4.74 Å². The predicted octanol–water partition coefficient (Wildman–Crippen LogP) is 4.55. The fourth-order valence-corrected chi connectivity index (χ4v) is 4.19. The molecule has 1 aliphatic heterocycles. The molecule has 5 nitrogen and oxygen atoms in total. The van der Waals surface area contributed by atoms with E-state index in [-0.39, 0.29) is 46.4 Å². The summed E-state index contributed by atoms with van der Waals surface area (Å²) in [7, 11) is -3.63. The van der Waals surface area contributed by atoms with E-state index in [9.17, 15) is 21.6 Å². The number of ether oxygens (including phenoxy) is 1. The van der Waals surface area contributed by atoms with E-state index in [0.717, 1.165) is 16.6 Å². The van der Waals surface area contributed by atoms with E-state index in [1.807, 2.05) is 0 Å². The molecule has 0 aliphatic carbocycles. The topological polar surface area (TPSA) is 59.0 Å². The van der Waals surface area contributed by atoms with E-state index < -0.39 is 21.8 Å². The van der Waals surface area contributed by atoms with Crippen LogP contribution >= 0.6 is 11.6 Å². The SMILES string of the molecule is CS(=O)(=O)N1CCOc2ccc(-c3c(Cl)cc(N=S)cc3C(F)(F)F)cc21. The second-order valence-corrected chi connectivity index (χ2v) is 8.30. The molecule has 0 saturated heterocycles. The molecular weight excluding hydrogens is 425 g/mol. The molecule has 0 aromatic heterocycles. The second-order valence-electron chi connectivity index (χ2n) is 5.81. The number of fused-ring (bicyclic) bond motifs is 1. The van der Waals surface area contributed by atoms with Crippen molar-refractivity contribution in [3.63, 3.8) is 0 Å². The van der Waals surface area contributed by atoms with Crippen LogP contribution in [0.1, 0.15) is 5.56 Å². The van der Waals surface area contributed by atoms with E-state index in [2.05, 4.69) is 16.8 Å². The number of benzene rings is 2. The third-order valence-corrected chi connectivity index (χ3v) is 5.64. The molecule has 0 radical (unpaired) electrons. The maximum absolute atomic E-state index is 13.6. The van der Waals surface area contributed by atoms with Crippen LogP contribution in [0.4, 0.5) is 24.5 Å². The molecule has 0 amide bonds. The fraction of sp³-hybridized carbons (Fsp3) is 0.250. The number of halogens is 4. The first-order valence-electron chi connectivity index (χ1n) is 7.51. The molecule has 0 atom stereocenters. The van der Waals surface area contributed by atoms with Crippen molar-refractivity contribution >= 4 is 45.4 Å². The lowest BCUT2D eigenvalue weighted by Gasteiger charge is -2.30. The Labute approximate surface area is 163 Å². The van der Waals surface area contributed by atoms with Crippen LogP contribution in [-0.2, 0) is 28.6 Å². The molecule has 1 heterocycles. The van der Waals surface area contributed by atoms with Gasteiger partial charge >= 0.3 is 6.18 Å². The van der Waals surface area contributed by atoms with Crippen LogP contribution in [0, 0.1) is 0 Å². The first-order chi connectivity index (χ1) is 12.5. The van der Waals surface area contributed by atoms with Crippen molar-refractivity contribution in [2.75, 3.05) is 23.7 Å². The number of rotatable bonds is 3. The monoisotopic (exact) mass is 436 g/mol. The molecule has 0 spiro atoms. The summed E-state index contributed by atoms with van der Waals surface area (Å²) >= 11 is 10.6. The molecule has 0 unspecified atom stereocenters. The van der Waals surface area contributed by atoms with Gasteiger partial charge in [0.2, 0.25) is 10.0 Å². The molecule has 0 N–H and O–H groups in total. The van der Waals surface area contributed by atoms with E-state index in [1.165, 1.54) is 24.3 Å². The van der Waals surface area contributed by atoms with E-state index in [4.69, 9.17) is 16.3 Å². The third kappa shape index (κ3) is 3.87. The van der Waals surface area contributed by atoms with Crippen molar-refractivity contribution in [2.45, 2.75) is 6.18 Å². The minimum absolute atomic E-state index is 0.0584. The Morgan fingerprint density at radius 3 is 2.56 bits per heavy atom. The summed E-state index contributed by atoms with van der Waals surface area (Å²) in [4.78, 5) is 0. The highest BCUT2D eigenvalue weighted by atomic mass is 35.5. The Morgan fingerprint density at radius 2 is 1.96 bits per heavy atom. The Balaban J connectivity index is 2.26. The van der Waals surface area contributed by atoms with Gasteiger partial charge in [-0.2, -0.15) is 17.5 Å². The summed E-state index contributed by atoms with van der Waals surface area (Å²) in [6, 6.07) is 6.16. The summed E-state index contributed by atoms with van der Waals surface area (Å²) in [5, 5.41) is -0.198. The Hall–Kier alpha value is -1.91. The summed E-state index contributed by atoms with van der Waals surface area (Å²) < 4.78 is 74.6. The van der Waals surface area contributed by atoms with E-state index in [0.29, 0.717) is 0 Å².